The van der Waals surface area contributed by atoms with Crippen LogP contribution >= 0.6 is 11.3 Å². The lowest BCUT2D eigenvalue weighted by molar-refractivity contribution is -0.117. The molecule has 2 aliphatic rings. The highest BCUT2D eigenvalue weighted by Gasteiger charge is 2.29. The van der Waals surface area contributed by atoms with E-state index in [0.717, 1.165) is 60.7 Å². The second-order valence-corrected chi connectivity index (χ2v) is 8.43. The summed E-state index contributed by atoms with van der Waals surface area (Å²) >= 11 is 1.48. The van der Waals surface area contributed by atoms with Gasteiger partial charge >= 0.3 is 0 Å². The van der Waals surface area contributed by atoms with Gasteiger partial charge < -0.3 is 10.2 Å². The molecule has 1 aliphatic carbocycles. The van der Waals surface area contributed by atoms with Gasteiger partial charge in [-0.3, -0.25) is 14.0 Å². The highest BCUT2D eigenvalue weighted by Crippen LogP contribution is 2.31. The maximum Gasteiger partial charge on any atom is 0.271 e. The number of anilines is 1. The Labute approximate surface area is 167 Å². The maximum absolute atomic E-state index is 12.9. The first-order valence-corrected chi connectivity index (χ1v) is 10.7. The number of hydrogen-bond donors (Lipinski definition) is 1. The third-order valence-corrected chi connectivity index (χ3v) is 6.29. The predicted molar refractivity (Wildman–Crippen MR) is 110 cm³/mol. The van der Waals surface area contributed by atoms with Crippen LogP contribution in [0.25, 0.3) is 16.2 Å². The van der Waals surface area contributed by atoms with Crippen molar-refractivity contribution in [3.8, 4) is 11.3 Å². The largest absolute Gasteiger partial charge is 0.337 e. The molecule has 2 fully saturated rings. The second kappa shape index (κ2) is 7.05. The Bertz CT molecular complexity index is 1040. The summed E-state index contributed by atoms with van der Waals surface area (Å²) in [6, 6.07) is 7.74. The van der Waals surface area contributed by atoms with Gasteiger partial charge in [-0.05, 0) is 44.2 Å². The molecule has 0 unspecified atom stereocenters. The van der Waals surface area contributed by atoms with Crippen LogP contribution in [-0.4, -0.2) is 39.2 Å². The normalized spacial score (nSPS) is 17.1. The van der Waals surface area contributed by atoms with E-state index in [1.807, 2.05) is 45.1 Å². The van der Waals surface area contributed by atoms with E-state index >= 15 is 0 Å². The number of thiazole rings is 1. The molecule has 1 N–H and O–H groups in total. The Morgan fingerprint density at radius 1 is 1.14 bits per heavy atom. The molecule has 1 aromatic carbocycles. The number of hydrogen-bond acceptors (Lipinski definition) is 4. The summed E-state index contributed by atoms with van der Waals surface area (Å²) in [5.41, 5.74) is 3.21. The van der Waals surface area contributed by atoms with Gasteiger partial charge in [0, 0.05) is 41.8 Å². The van der Waals surface area contributed by atoms with Crippen LogP contribution < -0.4 is 5.32 Å². The number of carbonyl (C=O) groups is 2. The molecule has 5 rings (SSSR count). The Morgan fingerprint density at radius 2 is 1.96 bits per heavy atom. The van der Waals surface area contributed by atoms with Crippen LogP contribution in [0, 0.1) is 5.92 Å². The maximum atomic E-state index is 12.9. The van der Waals surface area contributed by atoms with Gasteiger partial charge in [-0.2, -0.15) is 0 Å². The fraction of sp³-hybridized carbons (Fsp3) is 0.381. The Hall–Kier alpha value is -2.67. The van der Waals surface area contributed by atoms with Gasteiger partial charge in [0.2, 0.25) is 5.91 Å². The number of nitrogens with zero attached hydrogens (tertiary/aromatic N) is 3. The minimum atomic E-state index is 0.0837. The Morgan fingerprint density at radius 3 is 2.75 bits per heavy atom. The minimum Gasteiger partial charge on any atom is -0.337 e. The molecule has 0 radical (unpaired) electrons. The lowest BCUT2D eigenvalue weighted by atomic mass is 10.1. The van der Waals surface area contributed by atoms with Crippen molar-refractivity contribution in [3.05, 3.63) is 41.5 Å². The standard InChI is InChI=1S/C21H22N4O2S/c26-19(14-7-8-14)22-16-6-4-5-15(11-16)17-12-25-18(13-28-21(25)23-17)20(27)24-9-2-1-3-10-24/h4-6,11-14H,1-3,7-10H2,(H,22,26). The molecule has 1 aliphatic heterocycles. The summed E-state index contributed by atoms with van der Waals surface area (Å²) < 4.78 is 1.90. The molecule has 144 valence electrons. The lowest BCUT2D eigenvalue weighted by Gasteiger charge is -2.26. The molecule has 0 spiro atoms. The highest BCUT2D eigenvalue weighted by atomic mass is 32.1. The van der Waals surface area contributed by atoms with Gasteiger partial charge in [0.15, 0.2) is 4.96 Å². The molecule has 28 heavy (non-hydrogen) atoms. The number of carbonyl (C=O) groups excluding carboxylic acids is 2. The van der Waals surface area contributed by atoms with Crippen LogP contribution in [0.15, 0.2) is 35.8 Å². The van der Waals surface area contributed by atoms with E-state index < -0.39 is 0 Å². The molecular weight excluding hydrogens is 372 g/mol. The number of aromatic nitrogens is 2. The molecule has 3 aromatic rings. The van der Waals surface area contributed by atoms with Crippen molar-refractivity contribution in [2.45, 2.75) is 32.1 Å². The third kappa shape index (κ3) is 3.30. The molecule has 6 nitrogen and oxygen atoms in total. The van der Waals surface area contributed by atoms with E-state index in [1.165, 1.54) is 17.8 Å². The topological polar surface area (TPSA) is 66.7 Å². The number of benzene rings is 1. The molecule has 2 aromatic heterocycles. The van der Waals surface area contributed by atoms with Gasteiger partial charge in [0.25, 0.3) is 5.91 Å². The first-order chi connectivity index (χ1) is 13.7. The van der Waals surface area contributed by atoms with Crippen molar-refractivity contribution in [1.29, 1.82) is 0 Å². The quantitative estimate of drug-likeness (QED) is 0.726. The van der Waals surface area contributed by atoms with Gasteiger partial charge in [-0.1, -0.05) is 12.1 Å². The Kier molecular flexibility index (Phi) is 4.39. The Balaban J connectivity index is 1.41. The monoisotopic (exact) mass is 394 g/mol. The first kappa shape index (κ1) is 17.4. The minimum absolute atomic E-state index is 0.0837. The molecule has 7 heteroatoms. The number of imidazole rings is 1. The number of rotatable bonds is 4. The molecule has 2 amide bonds. The number of likely N-dealkylation sites (tertiary alicyclic amines) is 1. The molecule has 3 heterocycles. The first-order valence-electron chi connectivity index (χ1n) is 9.86. The summed E-state index contributed by atoms with van der Waals surface area (Å²) in [6.07, 6.45) is 7.24. The summed E-state index contributed by atoms with van der Waals surface area (Å²) in [5, 5.41) is 4.88. The van der Waals surface area contributed by atoms with Crippen LogP contribution in [0.3, 0.4) is 0 Å². The van der Waals surface area contributed by atoms with Crippen molar-refractivity contribution in [2.24, 2.45) is 5.92 Å². The van der Waals surface area contributed by atoms with Crippen molar-refractivity contribution >= 4 is 33.8 Å². The fourth-order valence-corrected chi connectivity index (χ4v) is 4.53. The van der Waals surface area contributed by atoms with Crippen LogP contribution in [0.2, 0.25) is 0 Å². The molecule has 0 atom stereocenters. The van der Waals surface area contributed by atoms with Crippen LogP contribution in [0.1, 0.15) is 42.6 Å². The van der Waals surface area contributed by atoms with E-state index in [0.29, 0.717) is 5.69 Å². The summed E-state index contributed by atoms with van der Waals surface area (Å²) in [4.78, 5) is 32.4. The average molecular weight is 395 g/mol. The van der Waals surface area contributed by atoms with Crippen molar-refractivity contribution in [3.63, 3.8) is 0 Å². The third-order valence-electron chi connectivity index (χ3n) is 5.45. The number of nitrogens with one attached hydrogen (secondary N) is 1. The van der Waals surface area contributed by atoms with E-state index in [1.54, 1.807) is 0 Å². The van der Waals surface area contributed by atoms with Crippen molar-refractivity contribution in [1.82, 2.24) is 14.3 Å². The predicted octanol–water partition coefficient (Wildman–Crippen LogP) is 4.04. The zero-order chi connectivity index (χ0) is 19.1. The van der Waals surface area contributed by atoms with E-state index in [9.17, 15) is 9.59 Å². The number of fused-ring (bicyclic) bond motifs is 1. The van der Waals surface area contributed by atoms with E-state index in [2.05, 4.69) is 5.32 Å². The smallest absolute Gasteiger partial charge is 0.271 e. The second-order valence-electron chi connectivity index (χ2n) is 7.60. The van der Waals surface area contributed by atoms with Gasteiger partial charge in [-0.15, -0.1) is 11.3 Å². The summed E-state index contributed by atoms with van der Waals surface area (Å²) in [5.74, 6) is 0.350. The van der Waals surface area contributed by atoms with Crippen molar-refractivity contribution in [2.75, 3.05) is 18.4 Å². The van der Waals surface area contributed by atoms with Crippen LogP contribution in [0.4, 0.5) is 5.69 Å². The van der Waals surface area contributed by atoms with Gasteiger partial charge in [0.05, 0.1) is 5.69 Å². The van der Waals surface area contributed by atoms with E-state index in [4.69, 9.17) is 4.98 Å². The zero-order valence-corrected chi connectivity index (χ0v) is 16.4. The molecular formula is C21H22N4O2S. The molecule has 0 bridgehead atoms. The number of amides is 2. The molecule has 1 saturated heterocycles. The van der Waals surface area contributed by atoms with Gasteiger partial charge in [-0.25, -0.2) is 4.98 Å². The van der Waals surface area contributed by atoms with Crippen LogP contribution in [-0.2, 0) is 4.79 Å². The lowest BCUT2D eigenvalue weighted by Crippen LogP contribution is -2.36. The van der Waals surface area contributed by atoms with Crippen molar-refractivity contribution < 1.29 is 9.59 Å². The fourth-order valence-electron chi connectivity index (χ4n) is 3.68. The molecule has 1 saturated carbocycles. The SMILES string of the molecule is O=C(Nc1cccc(-c2cn3c(C(=O)N4CCCCC4)csc3n2)c1)C1CC1. The number of piperidine rings is 1. The average Bonchev–Trinajstić information content (AvgIpc) is 3.38. The zero-order valence-electron chi connectivity index (χ0n) is 15.6. The summed E-state index contributed by atoms with van der Waals surface area (Å²) in [7, 11) is 0. The highest BCUT2D eigenvalue weighted by molar-refractivity contribution is 7.15. The summed E-state index contributed by atoms with van der Waals surface area (Å²) in [6.45, 7) is 1.67. The van der Waals surface area contributed by atoms with E-state index in [-0.39, 0.29) is 17.7 Å². The van der Waals surface area contributed by atoms with Crippen LogP contribution in [0.5, 0.6) is 0 Å². The van der Waals surface area contributed by atoms with Gasteiger partial charge in [0.1, 0.15) is 5.69 Å².